The van der Waals surface area contributed by atoms with Crippen LogP contribution in [0.4, 0.5) is 15.8 Å². The Hall–Kier alpha value is -3.69. The number of nitrogens with zero attached hydrogens (tertiary/aromatic N) is 5. The van der Waals surface area contributed by atoms with E-state index in [1.807, 2.05) is 0 Å². The first-order valence-corrected chi connectivity index (χ1v) is 7.09. The van der Waals surface area contributed by atoms with Crippen LogP contribution in [0, 0.1) is 15.9 Å². The predicted octanol–water partition coefficient (Wildman–Crippen LogP) is 2.03. The van der Waals surface area contributed by atoms with Gasteiger partial charge in [0.05, 0.1) is 4.92 Å². The minimum atomic E-state index is -0.552. The topological polar surface area (TPSA) is 116 Å². The predicted molar refractivity (Wildman–Crippen MR) is 84.9 cm³/mol. The lowest BCUT2D eigenvalue weighted by atomic mass is 10.2. The van der Waals surface area contributed by atoms with E-state index in [9.17, 15) is 19.3 Å². The molecular weight excluding hydrogens is 331 g/mol. The number of non-ortho nitro benzene ring substituents is 1. The third-order valence-corrected chi connectivity index (χ3v) is 3.18. The van der Waals surface area contributed by atoms with Crippen molar-refractivity contribution < 1.29 is 14.1 Å². The smallest absolute Gasteiger partial charge is 0.271 e. The normalized spacial score (nSPS) is 10.4. The minimum Gasteiger partial charge on any atom is -0.324 e. The van der Waals surface area contributed by atoms with Crippen molar-refractivity contribution in [2.24, 2.45) is 0 Å². The van der Waals surface area contributed by atoms with Gasteiger partial charge in [0.1, 0.15) is 12.4 Å². The highest BCUT2D eigenvalue weighted by Crippen LogP contribution is 2.17. The summed E-state index contributed by atoms with van der Waals surface area (Å²) in [5.74, 6) is -0.598. The van der Waals surface area contributed by atoms with Crippen LogP contribution in [-0.2, 0) is 11.3 Å². The fraction of sp³-hybridized carbons (Fsp3) is 0.0667. The number of nitro groups is 1. The molecule has 0 aliphatic carbocycles. The van der Waals surface area contributed by atoms with E-state index in [1.165, 1.54) is 48.5 Å². The number of carbonyl (C=O) groups is 1. The molecule has 10 heteroatoms. The van der Waals surface area contributed by atoms with E-state index < -0.39 is 10.8 Å². The molecule has 0 aliphatic rings. The Labute approximate surface area is 140 Å². The molecule has 1 heterocycles. The summed E-state index contributed by atoms with van der Waals surface area (Å²) in [4.78, 5) is 23.2. The van der Waals surface area contributed by atoms with Crippen LogP contribution in [0.25, 0.3) is 11.4 Å². The minimum absolute atomic E-state index is 0.129. The van der Waals surface area contributed by atoms with Crippen molar-refractivity contribution in [2.45, 2.75) is 6.54 Å². The van der Waals surface area contributed by atoms with Crippen molar-refractivity contribution in [1.82, 2.24) is 20.2 Å². The van der Waals surface area contributed by atoms with Crippen LogP contribution in [0.15, 0.2) is 48.5 Å². The van der Waals surface area contributed by atoms with Crippen LogP contribution < -0.4 is 5.32 Å². The number of tetrazole rings is 1. The number of anilines is 1. The van der Waals surface area contributed by atoms with Gasteiger partial charge in [0.15, 0.2) is 0 Å². The Morgan fingerprint density at radius 1 is 1.24 bits per heavy atom. The van der Waals surface area contributed by atoms with Gasteiger partial charge in [0, 0.05) is 23.4 Å². The van der Waals surface area contributed by atoms with Crippen LogP contribution in [0.3, 0.4) is 0 Å². The molecule has 0 aliphatic heterocycles. The van der Waals surface area contributed by atoms with Gasteiger partial charge >= 0.3 is 0 Å². The fourth-order valence-corrected chi connectivity index (χ4v) is 2.05. The Kier molecular flexibility index (Phi) is 4.42. The molecule has 0 atom stereocenters. The van der Waals surface area contributed by atoms with Gasteiger partial charge in [-0.15, -0.1) is 10.2 Å². The molecule has 25 heavy (non-hydrogen) atoms. The SMILES string of the molecule is O=C(Cn1nnc(-c2ccc(F)cc2)n1)Nc1cccc([N+](=O)[O-])c1. The molecule has 0 unspecified atom stereocenters. The Bertz CT molecular complexity index is 925. The number of amides is 1. The summed E-state index contributed by atoms with van der Waals surface area (Å²) < 4.78 is 12.9. The Balaban J connectivity index is 1.66. The summed E-state index contributed by atoms with van der Waals surface area (Å²) in [5, 5.41) is 24.8. The van der Waals surface area contributed by atoms with Gasteiger partial charge in [-0.25, -0.2) is 4.39 Å². The molecule has 2 aromatic carbocycles. The monoisotopic (exact) mass is 342 g/mol. The number of hydrogen-bond acceptors (Lipinski definition) is 6. The molecule has 9 nitrogen and oxygen atoms in total. The molecule has 3 rings (SSSR count). The van der Waals surface area contributed by atoms with Gasteiger partial charge in [-0.1, -0.05) is 6.07 Å². The van der Waals surface area contributed by atoms with Crippen LogP contribution >= 0.6 is 0 Å². The van der Waals surface area contributed by atoms with Crippen LogP contribution in [-0.4, -0.2) is 31.0 Å². The molecule has 1 aromatic heterocycles. The molecule has 1 amide bonds. The van der Waals surface area contributed by atoms with Crippen LogP contribution in [0.1, 0.15) is 0 Å². The highest BCUT2D eigenvalue weighted by molar-refractivity contribution is 5.90. The number of aromatic nitrogens is 4. The lowest BCUT2D eigenvalue weighted by molar-refractivity contribution is -0.384. The molecule has 0 radical (unpaired) electrons. The second-order valence-corrected chi connectivity index (χ2v) is 5.01. The third-order valence-electron chi connectivity index (χ3n) is 3.18. The molecule has 1 N–H and O–H groups in total. The van der Waals surface area contributed by atoms with Crippen molar-refractivity contribution >= 4 is 17.3 Å². The summed E-state index contributed by atoms with van der Waals surface area (Å²) in [7, 11) is 0. The molecule has 0 bridgehead atoms. The number of nitrogens with one attached hydrogen (secondary N) is 1. The quantitative estimate of drug-likeness (QED) is 0.560. The van der Waals surface area contributed by atoms with Crippen molar-refractivity contribution in [2.75, 3.05) is 5.32 Å². The number of nitro benzene ring substituents is 1. The number of halogens is 1. The van der Waals surface area contributed by atoms with Gasteiger partial charge < -0.3 is 5.32 Å². The molecule has 3 aromatic rings. The largest absolute Gasteiger partial charge is 0.324 e. The summed E-state index contributed by atoms with van der Waals surface area (Å²) >= 11 is 0. The van der Waals surface area contributed by atoms with E-state index in [0.717, 1.165) is 4.80 Å². The van der Waals surface area contributed by atoms with Gasteiger partial charge in [-0.05, 0) is 35.5 Å². The lowest BCUT2D eigenvalue weighted by Crippen LogP contribution is -2.20. The van der Waals surface area contributed by atoms with E-state index in [0.29, 0.717) is 5.56 Å². The first-order chi connectivity index (χ1) is 12.0. The molecule has 0 saturated heterocycles. The summed E-state index contributed by atoms with van der Waals surface area (Å²) in [5.41, 5.74) is 0.722. The first kappa shape index (κ1) is 16.2. The van der Waals surface area contributed by atoms with Crippen molar-refractivity contribution in [3.63, 3.8) is 0 Å². The summed E-state index contributed by atoms with van der Waals surface area (Å²) in [6.07, 6.45) is 0. The van der Waals surface area contributed by atoms with E-state index in [2.05, 4.69) is 20.7 Å². The fourth-order valence-electron chi connectivity index (χ4n) is 2.05. The highest BCUT2D eigenvalue weighted by atomic mass is 19.1. The van der Waals surface area contributed by atoms with Gasteiger partial charge in [0.25, 0.3) is 5.69 Å². The molecule has 0 spiro atoms. The van der Waals surface area contributed by atoms with E-state index in [1.54, 1.807) is 0 Å². The Morgan fingerprint density at radius 2 is 2.00 bits per heavy atom. The number of benzene rings is 2. The average molecular weight is 342 g/mol. The van der Waals surface area contributed by atoms with Crippen molar-refractivity contribution in [1.29, 1.82) is 0 Å². The van der Waals surface area contributed by atoms with Gasteiger partial charge in [-0.2, -0.15) is 4.80 Å². The molecule has 0 saturated carbocycles. The van der Waals surface area contributed by atoms with Gasteiger partial charge in [0.2, 0.25) is 11.7 Å². The van der Waals surface area contributed by atoms with E-state index in [-0.39, 0.29) is 29.6 Å². The lowest BCUT2D eigenvalue weighted by Gasteiger charge is -2.04. The molecular formula is C15H11FN6O3. The second-order valence-electron chi connectivity index (χ2n) is 5.01. The maximum atomic E-state index is 12.9. The molecule has 126 valence electrons. The zero-order valence-electron chi connectivity index (χ0n) is 12.7. The van der Waals surface area contributed by atoms with Crippen molar-refractivity contribution in [3.05, 3.63) is 64.5 Å². The summed E-state index contributed by atoms with van der Waals surface area (Å²) in [6, 6.07) is 11.1. The number of rotatable bonds is 5. The number of hydrogen-bond donors (Lipinski definition) is 1. The van der Waals surface area contributed by atoms with Crippen LogP contribution in [0.2, 0.25) is 0 Å². The standard InChI is InChI=1S/C15H11FN6O3/c16-11-6-4-10(5-7-11)15-18-20-21(19-15)9-14(23)17-12-2-1-3-13(8-12)22(24)25/h1-8H,9H2,(H,17,23). The Morgan fingerprint density at radius 3 is 2.72 bits per heavy atom. The zero-order chi connectivity index (χ0) is 17.8. The molecule has 0 fully saturated rings. The zero-order valence-corrected chi connectivity index (χ0v) is 12.7. The average Bonchev–Trinajstić information content (AvgIpc) is 3.04. The second kappa shape index (κ2) is 6.83. The summed E-state index contributed by atoms with van der Waals surface area (Å²) in [6.45, 7) is -0.225. The van der Waals surface area contributed by atoms with Crippen LogP contribution in [0.5, 0.6) is 0 Å². The maximum absolute atomic E-state index is 12.9. The maximum Gasteiger partial charge on any atom is 0.271 e. The van der Waals surface area contributed by atoms with E-state index >= 15 is 0 Å². The number of carbonyl (C=O) groups excluding carboxylic acids is 1. The first-order valence-electron chi connectivity index (χ1n) is 7.09. The van der Waals surface area contributed by atoms with Gasteiger partial charge in [-0.3, -0.25) is 14.9 Å². The van der Waals surface area contributed by atoms with E-state index in [4.69, 9.17) is 0 Å². The third kappa shape index (κ3) is 3.99. The van der Waals surface area contributed by atoms with Crippen molar-refractivity contribution in [3.8, 4) is 11.4 Å². The highest BCUT2D eigenvalue weighted by Gasteiger charge is 2.11.